The van der Waals surface area contributed by atoms with Crippen LogP contribution in [0.5, 0.6) is 11.5 Å². The summed E-state index contributed by atoms with van der Waals surface area (Å²) in [7, 11) is 0. The quantitative estimate of drug-likeness (QED) is 0.244. The Morgan fingerprint density at radius 1 is 0.576 bits per heavy atom. The van der Waals surface area contributed by atoms with Gasteiger partial charge in [-0.1, -0.05) is 27.7 Å². The van der Waals surface area contributed by atoms with Crippen LogP contribution in [0.2, 0.25) is 0 Å². The van der Waals surface area contributed by atoms with Crippen LogP contribution in [0.15, 0.2) is 40.8 Å². The van der Waals surface area contributed by atoms with Gasteiger partial charge in [-0.05, 0) is 82.2 Å². The fourth-order valence-electron chi connectivity index (χ4n) is 4.44. The Labute approximate surface area is 199 Å². The number of rotatable bonds is 16. The van der Waals surface area contributed by atoms with Gasteiger partial charge in [0, 0.05) is 29.9 Å². The van der Waals surface area contributed by atoms with Crippen LogP contribution in [-0.4, -0.2) is 62.3 Å². The second kappa shape index (κ2) is 13.5. The van der Waals surface area contributed by atoms with Gasteiger partial charge in [0.15, 0.2) is 0 Å². The van der Waals surface area contributed by atoms with Crippen molar-refractivity contribution in [1.82, 2.24) is 9.80 Å². The molecule has 0 aliphatic rings. The van der Waals surface area contributed by atoms with Crippen LogP contribution in [0.4, 0.5) is 0 Å². The lowest BCUT2D eigenvalue weighted by Crippen LogP contribution is -2.30. The van der Waals surface area contributed by atoms with E-state index in [9.17, 15) is 0 Å². The van der Waals surface area contributed by atoms with Gasteiger partial charge in [-0.2, -0.15) is 0 Å². The lowest BCUT2D eigenvalue weighted by molar-refractivity contribution is 0.209. The molecule has 0 saturated heterocycles. The molecule has 5 nitrogen and oxygen atoms in total. The first-order valence-corrected chi connectivity index (χ1v) is 12.8. The number of nitrogens with zero attached hydrogens (tertiary/aromatic N) is 2. The fraction of sp³-hybridized carbons (Fsp3) is 0.571. The van der Waals surface area contributed by atoms with E-state index in [0.717, 1.165) is 72.7 Å². The topological polar surface area (TPSA) is 38.1 Å². The molecule has 0 spiro atoms. The van der Waals surface area contributed by atoms with Crippen LogP contribution in [0.1, 0.15) is 53.4 Å². The number of benzene rings is 2. The average molecular weight is 455 g/mol. The van der Waals surface area contributed by atoms with Gasteiger partial charge in [0.25, 0.3) is 0 Å². The molecule has 33 heavy (non-hydrogen) atoms. The number of fused-ring (bicyclic) bond motifs is 3. The minimum Gasteiger partial charge on any atom is -0.492 e. The third-order valence-electron chi connectivity index (χ3n) is 5.93. The summed E-state index contributed by atoms with van der Waals surface area (Å²) in [6.07, 6.45) is 4.70. The summed E-state index contributed by atoms with van der Waals surface area (Å²) in [4.78, 5) is 4.93. The fourth-order valence-corrected chi connectivity index (χ4v) is 4.44. The van der Waals surface area contributed by atoms with E-state index < -0.39 is 0 Å². The van der Waals surface area contributed by atoms with Crippen molar-refractivity contribution in [3.63, 3.8) is 0 Å². The number of hydrogen-bond donors (Lipinski definition) is 0. The summed E-state index contributed by atoms with van der Waals surface area (Å²) in [5.74, 6) is 1.75. The zero-order valence-electron chi connectivity index (χ0n) is 21.1. The van der Waals surface area contributed by atoms with Crippen LogP contribution < -0.4 is 9.47 Å². The summed E-state index contributed by atoms with van der Waals surface area (Å²) >= 11 is 0. The summed E-state index contributed by atoms with van der Waals surface area (Å²) in [5.41, 5.74) is 1.74. The van der Waals surface area contributed by atoms with Crippen LogP contribution in [-0.2, 0) is 0 Å². The maximum Gasteiger partial charge on any atom is 0.139 e. The SMILES string of the molecule is CCCN(CCC)CCOc1ccc2c(c1)oc1ccc(OCCN(CCC)CCC)cc12. The van der Waals surface area contributed by atoms with Crippen molar-refractivity contribution in [2.75, 3.05) is 52.5 Å². The van der Waals surface area contributed by atoms with Crippen molar-refractivity contribution < 1.29 is 13.9 Å². The molecule has 182 valence electrons. The van der Waals surface area contributed by atoms with Gasteiger partial charge in [-0.25, -0.2) is 0 Å². The maximum atomic E-state index is 6.11. The van der Waals surface area contributed by atoms with Gasteiger partial charge in [0.2, 0.25) is 0 Å². The van der Waals surface area contributed by atoms with Gasteiger partial charge in [0.1, 0.15) is 35.9 Å². The molecule has 0 aliphatic heterocycles. The molecule has 0 bridgehead atoms. The maximum absolute atomic E-state index is 6.11. The molecule has 5 heteroatoms. The molecule has 0 amide bonds. The molecule has 0 atom stereocenters. The first kappa shape index (κ1) is 25.4. The standard InChI is InChI=1S/C28H42N2O3/c1-5-13-29(14-6-2)17-19-31-23-10-12-27-26(21-23)25-11-9-24(22-28(25)33-27)32-20-18-30(15-7-3)16-8-4/h9-12,21-22H,5-8,13-20H2,1-4H3. The van der Waals surface area contributed by atoms with Crippen LogP contribution in [0.3, 0.4) is 0 Å². The van der Waals surface area contributed by atoms with E-state index in [2.05, 4.69) is 49.6 Å². The van der Waals surface area contributed by atoms with E-state index in [1.807, 2.05) is 24.3 Å². The molecule has 1 aromatic heterocycles. The first-order chi connectivity index (χ1) is 16.2. The van der Waals surface area contributed by atoms with Gasteiger partial charge >= 0.3 is 0 Å². The first-order valence-electron chi connectivity index (χ1n) is 12.8. The monoisotopic (exact) mass is 454 g/mol. The van der Waals surface area contributed by atoms with Crippen LogP contribution >= 0.6 is 0 Å². The highest BCUT2D eigenvalue weighted by Crippen LogP contribution is 2.33. The molecular formula is C28H42N2O3. The van der Waals surface area contributed by atoms with Gasteiger partial charge in [0.05, 0.1) is 0 Å². The minimum absolute atomic E-state index is 0.691. The average Bonchev–Trinajstić information content (AvgIpc) is 3.17. The Bertz CT molecular complexity index is 956. The zero-order chi connectivity index (χ0) is 23.5. The third kappa shape index (κ3) is 7.38. The van der Waals surface area contributed by atoms with Crippen LogP contribution in [0.25, 0.3) is 21.9 Å². The van der Waals surface area contributed by atoms with Gasteiger partial charge in [-0.15, -0.1) is 0 Å². The van der Waals surface area contributed by atoms with Crippen molar-refractivity contribution in [1.29, 1.82) is 0 Å². The minimum atomic E-state index is 0.691. The highest BCUT2D eigenvalue weighted by molar-refractivity contribution is 6.05. The second-order valence-corrected chi connectivity index (χ2v) is 8.80. The lowest BCUT2D eigenvalue weighted by Gasteiger charge is -2.20. The van der Waals surface area contributed by atoms with Crippen molar-refractivity contribution in [3.8, 4) is 11.5 Å². The molecule has 0 unspecified atom stereocenters. The highest BCUT2D eigenvalue weighted by atomic mass is 16.5. The van der Waals surface area contributed by atoms with E-state index in [-0.39, 0.29) is 0 Å². The molecule has 0 N–H and O–H groups in total. The Morgan fingerprint density at radius 3 is 1.64 bits per heavy atom. The smallest absolute Gasteiger partial charge is 0.139 e. The van der Waals surface area contributed by atoms with Gasteiger partial charge in [-0.3, -0.25) is 9.80 Å². The predicted molar refractivity (Wildman–Crippen MR) is 139 cm³/mol. The Hall–Kier alpha value is -2.24. The van der Waals surface area contributed by atoms with Crippen molar-refractivity contribution in [2.45, 2.75) is 53.4 Å². The summed E-state index contributed by atoms with van der Waals surface area (Å²) in [6, 6.07) is 12.3. The molecule has 2 aromatic carbocycles. The second-order valence-electron chi connectivity index (χ2n) is 8.80. The van der Waals surface area contributed by atoms with Crippen molar-refractivity contribution >= 4 is 21.9 Å². The third-order valence-corrected chi connectivity index (χ3v) is 5.93. The molecule has 0 radical (unpaired) electrons. The molecule has 3 aromatic rings. The number of ether oxygens (including phenoxy) is 2. The molecular weight excluding hydrogens is 412 g/mol. The van der Waals surface area contributed by atoms with Crippen molar-refractivity contribution in [2.24, 2.45) is 0 Å². The normalized spacial score (nSPS) is 11.8. The van der Waals surface area contributed by atoms with Crippen LogP contribution in [0, 0.1) is 0 Å². The molecule has 0 saturated carbocycles. The van der Waals surface area contributed by atoms with E-state index in [0.29, 0.717) is 13.2 Å². The molecule has 1 heterocycles. The lowest BCUT2D eigenvalue weighted by atomic mass is 10.1. The van der Waals surface area contributed by atoms with Gasteiger partial charge < -0.3 is 13.9 Å². The van der Waals surface area contributed by atoms with E-state index >= 15 is 0 Å². The van der Waals surface area contributed by atoms with E-state index in [4.69, 9.17) is 13.9 Å². The Balaban J connectivity index is 1.62. The number of hydrogen-bond acceptors (Lipinski definition) is 5. The summed E-state index contributed by atoms with van der Waals surface area (Å²) in [5, 5.41) is 2.19. The Morgan fingerprint density at radius 2 is 1.09 bits per heavy atom. The summed E-state index contributed by atoms with van der Waals surface area (Å²) < 4.78 is 18.2. The molecule has 3 rings (SSSR count). The Kier molecular flexibility index (Phi) is 10.4. The molecule has 0 fully saturated rings. The number of furan rings is 1. The van der Waals surface area contributed by atoms with E-state index in [1.165, 1.54) is 25.7 Å². The van der Waals surface area contributed by atoms with Crippen molar-refractivity contribution in [3.05, 3.63) is 36.4 Å². The molecule has 0 aliphatic carbocycles. The summed E-state index contributed by atoms with van der Waals surface area (Å²) in [6.45, 7) is 16.7. The largest absolute Gasteiger partial charge is 0.492 e. The predicted octanol–water partition coefficient (Wildman–Crippen LogP) is 6.59. The zero-order valence-corrected chi connectivity index (χ0v) is 21.1. The highest BCUT2D eigenvalue weighted by Gasteiger charge is 2.11. The van der Waals surface area contributed by atoms with E-state index in [1.54, 1.807) is 0 Å².